The second-order valence-corrected chi connectivity index (χ2v) is 5.25. The predicted octanol–water partition coefficient (Wildman–Crippen LogP) is 4.26. The molecule has 0 aliphatic rings. The van der Waals surface area contributed by atoms with Crippen LogP contribution in [0.5, 0.6) is 0 Å². The summed E-state index contributed by atoms with van der Waals surface area (Å²) in [5.41, 5.74) is 0.352. The van der Waals surface area contributed by atoms with Crippen LogP contribution in [0.4, 0.5) is 14.5 Å². The first-order valence-corrected chi connectivity index (χ1v) is 7.15. The van der Waals surface area contributed by atoms with Crippen molar-refractivity contribution < 1.29 is 13.6 Å². The highest BCUT2D eigenvalue weighted by atomic mass is 19.1. The van der Waals surface area contributed by atoms with Crippen LogP contribution in [-0.4, -0.2) is 10.9 Å². The molecular weight excluding hydrogens is 298 g/mol. The van der Waals surface area contributed by atoms with Gasteiger partial charge in [-0.2, -0.15) is 0 Å². The van der Waals surface area contributed by atoms with Gasteiger partial charge in [-0.15, -0.1) is 0 Å². The second-order valence-electron chi connectivity index (χ2n) is 5.25. The number of carbonyl (C=O) groups is 1. The largest absolute Gasteiger partial charge is 0.325 e. The lowest BCUT2D eigenvalue weighted by Gasteiger charge is -2.15. The smallest absolute Gasteiger partial charge is 0.231 e. The maximum atomic E-state index is 13.8. The normalized spacial score (nSPS) is 12.1. The van der Waals surface area contributed by atoms with E-state index in [0.29, 0.717) is 5.69 Å². The van der Waals surface area contributed by atoms with Crippen molar-refractivity contribution in [2.24, 2.45) is 0 Å². The van der Waals surface area contributed by atoms with Gasteiger partial charge < -0.3 is 5.32 Å². The molecule has 1 aromatic heterocycles. The van der Waals surface area contributed by atoms with Crippen molar-refractivity contribution >= 4 is 22.4 Å². The maximum Gasteiger partial charge on any atom is 0.231 e. The van der Waals surface area contributed by atoms with E-state index in [1.165, 1.54) is 13.0 Å². The summed E-state index contributed by atoms with van der Waals surface area (Å²) < 4.78 is 27.6. The Labute approximate surface area is 132 Å². The van der Waals surface area contributed by atoms with E-state index < -0.39 is 23.5 Å². The van der Waals surface area contributed by atoms with Gasteiger partial charge in [0.1, 0.15) is 11.6 Å². The lowest BCUT2D eigenvalue weighted by molar-refractivity contribution is -0.117. The Kier molecular flexibility index (Phi) is 4.02. The minimum atomic E-state index is -0.951. The van der Waals surface area contributed by atoms with Gasteiger partial charge in [-0.25, -0.2) is 8.78 Å². The Morgan fingerprint density at radius 3 is 2.52 bits per heavy atom. The van der Waals surface area contributed by atoms with E-state index in [1.807, 2.05) is 6.07 Å². The minimum Gasteiger partial charge on any atom is -0.325 e. The van der Waals surface area contributed by atoms with Gasteiger partial charge in [-0.05, 0) is 31.2 Å². The molecule has 1 atom stereocenters. The molecule has 1 N–H and O–H groups in total. The molecule has 0 fully saturated rings. The molecule has 116 valence electrons. The van der Waals surface area contributed by atoms with Crippen molar-refractivity contribution in [3.63, 3.8) is 0 Å². The molecule has 1 unspecified atom stereocenters. The van der Waals surface area contributed by atoms with Crippen LogP contribution in [0.25, 0.3) is 10.8 Å². The molecule has 0 radical (unpaired) electrons. The zero-order valence-corrected chi connectivity index (χ0v) is 12.4. The van der Waals surface area contributed by atoms with Crippen molar-refractivity contribution in [3.05, 3.63) is 72.1 Å². The zero-order valence-electron chi connectivity index (χ0n) is 12.4. The molecule has 23 heavy (non-hydrogen) atoms. The van der Waals surface area contributed by atoms with Crippen LogP contribution < -0.4 is 5.32 Å². The Balaban J connectivity index is 1.92. The van der Waals surface area contributed by atoms with Crippen LogP contribution in [-0.2, 0) is 4.79 Å². The minimum absolute atomic E-state index is 0.230. The number of halogens is 2. The lowest BCUT2D eigenvalue weighted by Crippen LogP contribution is -2.21. The molecule has 0 bridgehead atoms. The van der Waals surface area contributed by atoms with Crippen LogP contribution in [0.2, 0.25) is 0 Å². The summed E-state index contributed by atoms with van der Waals surface area (Å²) in [5.74, 6) is -2.88. The van der Waals surface area contributed by atoms with E-state index in [4.69, 9.17) is 0 Å². The Morgan fingerprint density at radius 2 is 1.78 bits per heavy atom. The van der Waals surface area contributed by atoms with Crippen LogP contribution in [0.1, 0.15) is 18.4 Å². The number of pyridine rings is 1. The number of benzene rings is 2. The Hall–Kier alpha value is -2.82. The van der Waals surface area contributed by atoms with Crippen molar-refractivity contribution in [3.8, 4) is 0 Å². The van der Waals surface area contributed by atoms with Gasteiger partial charge in [0.05, 0.1) is 5.92 Å². The zero-order chi connectivity index (χ0) is 16.4. The molecule has 2 aromatic carbocycles. The van der Waals surface area contributed by atoms with Gasteiger partial charge in [0.2, 0.25) is 5.91 Å². The fourth-order valence-corrected chi connectivity index (χ4v) is 2.53. The van der Waals surface area contributed by atoms with E-state index >= 15 is 0 Å². The van der Waals surface area contributed by atoms with E-state index in [9.17, 15) is 13.6 Å². The molecule has 3 aromatic rings. The maximum absolute atomic E-state index is 13.8. The molecule has 0 saturated heterocycles. The molecule has 0 aliphatic heterocycles. The van der Waals surface area contributed by atoms with E-state index in [1.54, 1.807) is 30.6 Å². The quantitative estimate of drug-likeness (QED) is 0.785. The van der Waals surface area contributed by atoms with Crippen molar-refractivity contribution in [1.82, 2.24) is 4.98 Å². The van der Waals surface area contributed by atoms with Gasteiger partial charge in [-0.1, -0.05) is 18.2 Å². The summed E-state index contributed by atoms with van der Waals surface area (Å²) in [6, 6.07) is 10.7. The number of aromatic nitrogens is 1. The Bertz CT molecular complexity index is 854. The average molecular weight is 312 g/mol. The molecule has 1 heterocycles. The van der Waals surface area contributed by atoms with Gasteiger partial charge in [0.25, 0.3) is 0 Å². The van der Waals surface area contributed by atoms with Crippen molar-refractivity contribution in [2.75, 3.05) is 5.32 Å². The first-order valence-electron chi connectivity index (χ1n) is 7.15. The molecule has 0 aliphatic carbocycles. The highest BCUT2D eigenvalue weighted by Crippen LogP contribution is 2.26. The third kappa shape index (κ3) is 2.90. The number of anilines is 1. The van der Waals surface area contributed by atoms with Crippen molar-refractivity contribution in [2.45, 2.75) is 12.8 Å². The average Bonchev–Trinajstić information content (AvgIpc) is 2.55. The van der Waals surface area contributed by atoms with Gasteiger partial charge in [0, 0.05) is 34.4 Å². The monoisotopic (exact) mass is 312 g/mol. The second kappa shape index (κ2) is 6.12. The summed E-state index contributed by atoms with van der Waals surface area (Å²) in [5, 5.41) is 4.42. The van der Waals surface area contributed by atoms with E-state index in [0.717, 1.165) is 22.9 Å². The number of fused-ring (bicyclic) bond motifs is 1. The number of carbonyl (C=O) groups excluding carboxylic acids is 1. The molecule has 5 heteroatoms. The van der Waals surface area contributed by atoms with Gasteiger partial charge in [-0.3, -0.25) is 9.78 Å². The summed E-state index contributed by atoms with van der Waals surface area (Å²) in [4.78, 5) is 16.4. The van der Waals surface area contributed by atoms with Crippen molar-refractivity contribution in [1.29, 1.82) is 0 Å². The van der Waals surface area contributed by atoms with Gasteiger partial charge in [0.15, 0.2) is 0 Å². The number of rotatable bonds is 3. The fraction of sp³-hybridized carbons (Fsp3) is 0.111. The predicted molar refractivity (Wildman–Crippen MR) is 85.1 cm³/mol. The standard InChI is InChI=1S/C18H14F2N2O/c1-11(17-14(19)5-3-6-15(17)20)18(23)22-16-7-2-4-12-10-21-9-8-13(12)16/h2-11H,1H3,(H,22,23). The highest BCUT2D eigenvalue weighted by molar-refractivity contribution is 6.03. The van der Waals surface area contributed by atoms with Gasteiger partial charge >= 0.3 is 0 Å². The van der Waals surface area contributed by atoms with E-state index in [-0.39, 0.29) is 5.56 Å². The summed E-state index contributed by atoms with van der Waals surface area (Å²) in [6.07, 6.45) is 3.31. The summed E-state index contributed by atoms with van der Waals surface area (Å²) in [7, 11) is 0. The number of amides is 1. The van der Waals surface area contributed by atoms with Crippen LogP contribution >= 0.6 is 0 Å². The Morgan fingerprint density at radius 1 is 1.09 bits per heavy atom. The number of nitrogens with zero attached hydrogens (tertiary/aromatic N) is 1. The van der Waals surface area contributed by atoms with Crippen LogP contribution in [0.3, 0.4) is 0 Å². The van der Waals surface area contributed by atoms with Crippen LogP contribution in [0.15, 0.2) is 54.9 Å². The summed E-state index contributed by atoms with van der Waals surface area (Å²) >= 11 is 0. The SMILES string of the molecule is CC(C(=O)Nc1cccc2cnccc12)c1c(F)cccc1F. The van der Waals surface area contributed by atoms with E-state index in [2.05, 4.69) is 10.3 Å². The first kappa shape index (κ1) is 15.1. The highest BCUT2D eigenvalue weighted by Gasteiger charge is 2.23. The molecular formula is C18H14F2N2O. The topological polar surface area (TPSA) is 42.0 Å². The van der Waals surface area contributed by atoms with Crippen LogP contribution in [0, 0.1) is 11.6 Å². The third-order valence-electron chi connectivity index (χ3n) is 3.76. The fourth-order valence-electron chi connectivity index (χ4n) is 2.53. The lowest BCUT2D eigenvalue weighted by atomic mass is 9.98. The molecule has 3 nitrogen and oxygen atoms in total. The number of nitrogens with one attached hydrogen (secondary N) is 1. The molecule has 3 rings (SSSR count). The first-order chi connectivity index (χ1) is 11.1. The number of hydrogen-bond donors (Lipinski definition) is 1. The molecule has 0 saturated carbocycles. The number of hydrogen-bond acceptors (Lipinski definition) is 2. The molecule has 0 spiro atoms. The third-order valence-corrected chi connectivity index (χ3v) is 3.76. The summed E-state index contributed by atoms with van der Waals surface area (Å²) in [6.45, 7) is 1.48. The molecule has 1 amide bonds.